The van der Waals surface area contributed by atoms with Gasteiger partial charge in [0, 0.05) is 50.4 Å². The summed E-state index contributed by atoms with van der Waals surface area (Å²) in [6.45, 7) is 7.50. The van der Waals surface area contributed by atoms with Gasteiger partial charge in [-0.25, -0.2) is 0 Å². The molecule has 0 radical (unpaired) electrons. The summed E-state index contributed by atoms with van der Waals surface area (Å²) in [5.74, 6) is 0.878. The largest absolute Gasteiger partial charge is 0.383 e. The lowest BCUT2D eigenvalue weighted by Crippen LogP contribution is -2.51. The van der Waals surface area contributed by atoms with E-state index in [1.807, 2.05) is 31.2 Å². The van der Waals surface area contributed by atoms with Crippen LogP contribution in [0.4, 0.5) is 17.5 Å². The van der Waals surface area contributed by atoms with Gasteiger partial charge in [0.25, 0.3) is 5.56 Å². The summed E-state index contributed by atoms with van der Waals surface area (Å²) < 4.78 is 12.9. The summed E-state index contributed by atoms with van der Waals surface area (Å²) in [4.78, 5) is 22.4. The Morgan fingerprint density at radius 3 is 2.33 bits per heavy atom. The molecule has 1 aromatic carbocycles. The Morgan fingerprint density at radius 1 is 1.06 bits per heavy atom. The van der Waals surface area contributed by atoms with Crippen LogP contribution in [0.15, 0.2) is 29.1 Å². The van der Waals surface area contributed by atoms with E-state index in [1.165, 1.54) is 0 Å². The maximum atomic E-state index is 13.3. The molecule has 178 valence electrons. The van der Waals surface area contributed by atoms with Crippen LogP contribution < -0.4 is 26.8 Å². The van der Waals surface area contributed by atoms with Gasteiger partial charge in [-0.05, 0) is 37.5 Å². The van der Waals surface area contributed by atoms with E-state index in [1.54, 1.807) is 11.6 Å². The Labute approximate surface area is 194 Å². The molecular weight excluding hydrogens is 420 g/mol. The highest BCUT2D eigenvalue weighted by molar-refractivity contribution is 5.75. The van der Waals surface area contributed by atoms with Crippen molar-refractivity contribution in [3.05, 3.63) is 34.6 Å². The van der Waals surface area contributed by atoms with Crippen LogP contribution in [0.25, 0.3) is 11.1 Å². The first kappa shape index (κ1) is 22.2. The first-order valence-corrected chi connectivity index (χ1v) is 11.8. The first-order chi connectivity index (χ1) is 15.9. The van der Waals surface area contributed by atoms with Crippen LogP contribution in [0.1, 0.15) is 19.8 Å². The van der Waals surface area contributed by atoms with E-state index in [2.05, 4.69) is 14.8 Å². The Morgan fingerprint density at radius 2 is 1.73 bits per heavy atom. The number of hydrogen-bond donors (Lipinski definition) is 2. The average Bonchev–Trinajstić information content (AvgIpc) is 3.11. The van der Waals surface area contributed by atoms with Gasteiger partial charge < -0.3 is 30.7 Å². The number of ether oxygens (including phenoxy) is 2. The van der Waals surface area contributed by atoms with E-state index in [0.717, 1.165) is 63.5 Å². The van der Waals surface area contributed by atoms with Gasteiger partial charge in [0.1, 0.15) is 5.82 Å². The maximum absolute atomic E-state index is 13.3. The Balaban J connectivity index is 1.37. The number of aromatic nitrogens is 2. The number of benzene rings is 1. The fourth-order valence-electron chi connectivity index (χ4n) is 5.45. The first-order valence-electron chi connectivity index (χ1n) is 11.8. The second kappa shape index (κ2) is 8.62. The van der Waals surface area contributed by atoms with Crippen LogP contribution in [0.3, 0.4) is 0 Å². The van der Waals surface area contributed by atoms with Crippen molar-refractivity contribution in [2.75, 3.05) is 61.5 Å². The number of morpholine rings is 1. The quantitative estimate of drug-likeness (QED) is 0.712. The molecule has 2 atom stereocenters. The Kier molecular flexibility index (Phi) is 5.80. The standard InChI is InChI=1S/C24H34N6O3/c1-16-20(25)24(15-33-16)7-9-30(10-8-24)23-27-21(26)19(22(31)28(23)2)17-3-5-18(6-4-17)29-11-13-32-14-12-29/h3-6,16,20H,7-15,25-26H2,1-2H3/t16-,20+/m0/s1. The predicted molar refractivity (Wildman–Crippen MR) is 130 cm³/mol. The van der Waals surface area contributed by atoms with Crippen molar-refractivity contribution in [1.29, 1.82) is 0 Å². The second-order valence-electron chi connectivity index (χ2n) is 9.57. The van der Waals surface area contributed by atoms with Gasteiger partial charge in [0.15, 0.2) is 0 Å². The lowest BCUT2D eigenvalue weighted by atomic mass is 9.73. The van der Waals surface area contributed by atoms with Crippen LogP contribution >= 0.6 is 0 Å². The Hall–Kier alpha value is -2.62. The molecule has 3 aliphatic heterocycles. The number of piperidine rings is 1. The maximum Gasteiger partial charge on any atom is 0.264 e. The highest BCUT2D eigenvalue weighted by Gasteiger charge is 2.47. The third-order valence-electron chi connectivity index (χ3n) is 7.72. The zero-order valence-corrected chi connectivity index (χ0v) is 19.5. The molecule has 33 heavy (non-hydrogen) atoms. The topological polar surface area (TPSA) is 112 Å². The van der Waals surface area contributed by atoms with Crippen LogP contribution in [-0.2, 0) is 16.5 Å². The molecule has 0 unspecified atom stereocenters. The molecule has 1 aromatic heterocycles. The van der Waals surface area contributed by atoms with Gasteiger partial charge in [-0.1, -0.05) is 12.1 Å². The van der Waals surface area contributed by atoms with Crippen LogP contribution in [0.5, 0.6) is 0 Å². The van der Waals surface area contributed by atoms with Crippen molar-refractivity contribution in [1.82, 2.24) is 9.55 Å². The highest BCUT2D eigenvalue weighted by atomic mass is 16.5. The normalized spacial score (nSPS) is 25.1. The molecule has 1 spiro atoms. The van der Waals surface area contributed by atoms with Gasteiger partial charge in [-0.15, -0.1) is 0 Å². The molecule has 0 saturated carbocycles. The lowest BCUT2D eigenvalue weighted by Gasteiger charge is -2.41. The van der Waals surface area contributed by atoms with Crippen molar-refractivity contribution >= 4 is 17.5 Å². The fourth-order valence-corrected chi connectivity index (χ4v) is 5.45. The molecule has 0 aliphatic carbocycles. The van der Waals surface area contributed by atoms with Crippen molar-refractivity contribution in [2.24, 2.45) is 18.2 Å². The van der Waals surface area contributed by atoms with Crippen LogP contribution in [-0.4, -0.2) is 67.7 Å². The lowest BCUT2D eigenvalue weighted by molar-refractivity contribution is 0.0973. The molecule has 3 aliphatic rings. The molecule has 3 fully saturated rings. The molecule has 5 rings (SSSR count). The average molecular weight is 455 g/mol. The van der Waals surface area contributed by atoms with E-state index >= 15 is 0 Å². The minimum Gasteiger partial charge on any atom is -0.383 e. The Bertz CT molecular complexity index is 1060. The van der Waals surface area contributed by atoms with Gasteiger partial charge in [-0.3, -0.25) is 9.36 Å². The summed E-state index contributed by atoms with van der Waals surface area (Å²) in [5.41, 5.74) is 15.0. The number of hydrogen-bond acceptors (Lipinski definition) is 8. The van der Waals surface area contributed by atoms with E-state index in [4.69, 9.17) is 20.9 Å². The summed E-state index contributed by atoms with van der Waals surface area (Å²) in [7, 11) is 1.77. The molecule has 4 heterocycles. The SMILES string of the molecule is C[C@@H]1OCC2(CCN(c3nc(N)c(-c4ccc(N5CCOCC5)cc4)c(=O)n3C)CC2)[C@@H]1N. The van der Waals surface area contributed by atoms with Crippen molar-refractivity contribution in [3.8, 4) is 11.1 Å². The molecule has 9 heteroatoms. The summed E-state index contributed by atoms with van der Waals surface area (Å²) >= 11 is 0. The van der Waals surface area contributed by atoms with E-state index in [0.29, 0.717) is 18.1 Å². The fraction of sp³-hybridized carbons (Fsp3) is 0.583. The minimum atomic E-state index is -0.133. The summed E-state index contributed by atoms with van der Waals surface area (Å²) in [5, 5.41) is 0. The number of anilines is 3. The molecule has 0 amide bonds. The van der Waals surface area contributed by atoms with Gasteiger partial charge >= 0.3 is 0 Å². The van der Waals surface area contributed by atoms with E-state index < -0.39 is 0 Å². The monoisotopic (exact) mass is 454 g/mol. The molecule has 2 aromatic rings. The second-order valence-corrected chi connectivity index (χ2v) is 9.57. The third kappa shape index (κ3) is 3.88. The van der Waals surface area contributed by atoms with Gasteiger partial charge in [-0.2, -0.15) is 4.98 Å². The van der Waals surface area contributed by atoms with Crippen LogP contribution in [0.2, 0.25) is 0 Å². The molecule has 9 nitrogen and oxygen atoms in total. The smallest absolute Gasteiger partial charge is 0.264 e. The van der Waals surface area contributed by atoms with Gasteiger partial charge in [0.2, 0.25) is 5.95 Å². The highest BCUT2D eigenvalue weighted by Crippen LogP contribution is 2.41. The predicted octanol–water partition coefficient (Wildman–Crippen LogP) is 1.20. The van der Waals surface area contributed by atoms with Crippen molar-refractivity contribution in [2.45, 2.75) is 31.9 Å². The zero-order valence-electron chi connectivity index (χ0n) is 19.5. The number of rotatable bonds is 3. The minimum absolute atomic E-state index is 0.0164. The van der Waals surface area contributed by atoms with Crippen molar-refractivity contribution < 1.29 is 9.47 Å². The summed E-state index contributed by atoms with van der Waals surface area (Å²) in [6, 6.07) is 8.01. The third-order valence-corrected chi connectivity index (χ3v) is 7.72. The molecule has 3 saturated heterocycles. The number of nitrogens with zero attached hydrogens (tertiary/aromatic N) is 4. The van der Waals surface area contributed by atoms with E-state index in [9.17, 15) is 4.79 Å². The molecule has 4 N–H and O–H groups in total. The molecular formula is C24H34N6O3. The van der Waals surface area contributed by atoms with Crippen LogP contribution in [0, 0.1) is 5.41 Å². The zero-order chi connectivity index (χ0) is 23.2. The summed E-state index contributed by atoms with van der Waals surface area (Å²) in [6.07, 6.45) is 1.92. The van der Waals surface area contributed by atoms with Gasteiger partial charge in [0.05, 0.1) is 31.5 Å². The number of nitrogens with two attached hydrogens (primary N) is 2. The van der Waals surface area contributed by atoms with Crippen molar-refractivity contribution in [3.63, 3.8) is 0 Å². The van der Waals surface area contributed by atoms with E-state index in [-0.39, 0.29) is 28.9 Å². The number of nitrogen functional groups attached to an aromatic ring is 1. The molecule has 0 bridgehead atoms.